The van der Waals surface area contributed by atoms with Crippen molar-refractivity contribution in [1.82, 2.24) is 10.1 Å². The molecule has 0 saturated heterocycles. The van der Waals surface area contributed by atoms with E-state index >= 15 is 0 Å². The fourth-order valence-electron chi connectivity index (χ4n) is 3.06. The first-order valence-electron chi connectivity index (χ1n) is 8.00. The van der Waals surface area contributed by atoms with Crippen molar-refractivity contribution < 1.29 is 13.7 Å². The molecular formula is C19H13Cl2FN2O2. The highest BCUT2D eigenvalue weighted by Crippen LogP contribution is 2.31. The van der Waals surface area contributed by atoms with E-state index in [4.69, 9.17) is 27.7 Å². The van der Waals surface area contributed by atoms with Gasteiger partial charge in [0.25, 0.3) is 5.91 Å². The van der Waals surface area contributed by atoms with Crippen molar-refractivity contribution in [2.24, 2.45) is 0 Å². The van der Waals surface area contributed by atoms with Gasteiger partial charge in [-0.15, -0.1) is 0 Å². The summed E-state index contributed by atoms with van der Waals surface area (Å²) in [6, 6.07) is 10.9. The van der Waals surface area contributed by atoms with Gasteiger partial charge in [-0.3, -0.25) is 4.79 Å². The summed E-state index contributed by atoms with van der Waals surface area (Å²) in [5.41, 5.74) is 2.77. The van der Waals surface area contributed by atoms with Gasteiger partial charge in [0.1, 0.15) is 11.5 Å². The highest BCUT2D eigenvalue weighted by Gasteiger charge is 2.28. The number of carbonyl (C=O) groups excluding carboxylic acids is 1. The van der Waals surface area contributed by atoms with E-state index in [0.717, 1.165) is 11.1 Å². The largest absolute Gasteiger partial charge is 0.356 e. The Morgan fingerprint density at radius 3 is 2.69 bits per heavy atom. The van der Waals surface area contributed by atoms with Crippen LogP contribution in [0.15, 0.2) is 47.0 Å². The summed E-state index contributed by atoms with van der Waals surface area (Å²) in [5, 5.41) is 4.91. The second kappa shape index (κ2) is 6.74. The van der Waals surface area contributed by atoms with Crippen LogP contribution in [0.25, 0.3) is 11.3 Å². The first-order valence-corrected chi connectivity index (χ1v) is 8.76. The third kappa shape index (κ3) is 3.08. The van der Waals surface area contributed by atoms with E-state index in [2.05, 4.69) is 5.16 Å². The monoisotopic (exact) mass is 390 g/mol. The number of halogens is 3. The maximum Gasteiger partial charge on any atom is 0.255 e. The van der Waals surface area contributed by atoms with E-state index in [-0.39, 0.29) is 11.7 Å². The lowest BCUT2D eigenvalue weighted by molar-refractivity contribution is 0.0731. The summed E-state index contributed by atoms with van der Waals surface area (Å²) < 4.78 is 18.6. The maximum atomic E-state index is 13.1. The van der Waals surface area contributed by atoms with Crippen molar-refractivity contribution in [3.63, 3.8) is 0 Å². The maximum absolute atomic E-state index is 13.1. The van der Waals surface area contributed by atoms with Crippen LogP contribution in [0.5, 0.6) is 0 Å². The zero-order chi connectivity index (χ0) is 18.3. The molecule has 4 nitrogen and oxygen atoms in total. The van der Waals surface area contributed by atoms with Crippen molar-refractivity contribution in [3.8, 4) is 11.3 Å². The first kappa shape index (κ1) is 17.1. The SMILES string of the molecule is O=C(c1cc(Cl)ccc1Cl)N1CCc2c(noc2-c2ccc(F)cc2)C1. The highest BCUT2D eigenvalue weighted by atomic mass is 35.5. The Morgan fingerprint density at radius 1 is 1.15 bits per heavy atom. The van der Waals surface area contributed by atoms with Crippen molar-refractivity contribution in [1.29, 1.82) is 0 Å². The van der Waals surface area contributed by atoms with Crippen LogP contribution in [0.3, 0.4) is 0 Å². The van der Waals surface area contributed by atoms with Crippen LogP contribution in [-0.4, -0.2) is 22.5 Å². The van der Waals surface area contributed by atoms with Crippen molar-refractivity contribution in [2.75, 3.05) is 6.54 Å². The summed E-state index contributed by atoms with van der Waals surface area (Å²) in [7, 11) is 0. The molecule has 7 heteroatoms. The third-order valence-corrected chi connectivity index (χ3v) is 4.96. The molecule has 2 heterocycles. The molecule has 1 aliphatic rings. The molecule has 0 unspecified atom stereocenters. The van der Waals surface area contributed by atoms with Gasteiger partial charge < -0.3 is 9.42 Å². The molecule has 3 aromatic rings. The number of amides is 1. The van der Waals surface area contributed by atoms with Gasteiger partial charge in [-0.25, -0.2) is 4.39 Å². The van der Waals surface area contributed by atoms with Gasteiger partial charge in [-0.05, 0) is 48.9 Å². The van der Waals surface area contributed by atoms with Gasteiger partial charge in [0.05, 0.1) is 17.1 Å². The fraction of sp³-hybridized carbons (Fsp3) is 0.158. The number of benzene rings is 2. The third-order valence-electron chi connectivity index (χ3n) is 4.39. The topological polar surface area (TPSA) is 46.3 Å². The van der Waals surface area contributed by atoms with Crippen LogP contribution in [0.1, 0.15) is 21.6 Å². The fourth-order valence-corrected chi connectivity index (χ4v) is 3.43. The van der Waals surface area contributed by atoms with Gasteiger partial charge in [-0.2, -0.15) is 0 Å². The van der Waals surface area contributed by atoms with Crippen LogP contribution in [0.2, 0.25) is 10.0 Å². The average Bonchev–Trinajstić information content (AvgIpc) is 3.07. The van der Waals surface area contributed by atoms with Gasteiger partial charge in [0.15, 0.2) is 5.76 Å². The standard InChI is InChI=1S/C19H13Cl2FN2O2/c20-12-3-6-16(21)15(9-12)19(25)24-8-7-14-17(10-24)23-26-18(14)11-1-4-13(22)5-2-11/h1-6,9H,7-8,10H2. The molecule has 0 atom stereocenters. The van der Waals surface area contributed by atoms with E-state index in [9.17, 15) is 9.18 Å². The number of hydrogen-bond donors (Lipinski definition) is 0. The number of aromatic nitrogens is 1. The van der Waals surface area contributed by atoms with Crippen molar-refractivity contribution in [3.05, 3.63) is 75.1 Å². The quantitative estimate of drug-likeness (QED) is 0.619. The van der Waals surface area contributed by atoms with Crippen LogP contribution >= 0.6 is 23.2 Å². The molecule has 4 rings (SSSR count). The minimum atomic E-state index is -0.308. The van der Waals surface area contributed by atoms with Crippen LogP contribution in [0, 0.1) is 5.82 Å². The average molecular weight is 391 g/mol. The predicted octanol–water partition coefficient (Wildman–Crippen LogP) is 4.99. The van der Waals surface area contributed by atoms with E-state index in [1.165, 1.54) is 12.1 Å². The normalized spacial score (nSPS) is 13.6. The van der Waals surface area contributed by atoms with Crippen LogP contribution in [-0.2, 0) is 13.0 Å². The molecule has 0 aliphatic carbocycles. The number of nitrogens with zero attached hydrogens (tertiary/aromatic N) is 2. The zero-order valence-electron chi connectivity index (χ0n) is 13.5. The summed E-state index contributed by atoms with van der Waals surface area (Å²) in [6.45, 7) is 0.825. The second-order valence-corrected chi connectivity index (χ2v) is 6.89. The molecule has 1 aliphatic heterocycles. The minimum absolute atomic E-state index is 0.200. The molecule has 1 amide bonds. The van der Waals surface area contributed by atoms with E-state index in [1.54, 1.807) is 35.2 Å². The Kier molecular flexibility index (Phi) is 4.42. The van der Waals surface area contributed by atoms with Crippen molar-refractivity contribution >= 4 is 29.1 Å². The van der Waals surface area contributed by atoms with Crippen LogP contribution < -0.4 is 0 Å². The molecule has 0 N–H and O–H groups in total. The summed E-state index contributed by atoms with van der Waals surface area (Å²) in [4.78, 5) is 14.4. The molecule has 0 fully saturated rings. The Bertz CT molecular complexity index is 986. The van der Waals surface area contributed by atoms with E-state index in [0.29, 0.717) is 46.6 Å². The van der Waals surface area contributed by atoms with Gasteiger partial charge >= 0.3 is 0 Å². The molecule has 0 bridgehead atoms. The highest BCUT2D eigenvalue weighted by molar-refractivity contribution is 6.35. The molecule has 26 heavy (non-hydrogen) atoms. The Morgan fingerprint density at radius 2 is 1.92 bits per heavy atom. The van der Waals surface area contributed by atoms with Crippen LogP contribution in [0.4, 0.5) is 4.39 Å². The molecule has 132 valence electrons. The van der Waals surface area contributed by atoms with Gasteiger partial charge in [0.2, 0.25) is 0 Å². The van der Waals surface area contributed by atoms with E-state index < -0.39 is 0 Å². The minimum Gasteiger partial charge on any atom is -0.356 e. The number of carbonyl (C=O) groups is 1. The number of fused-ring (bicyclic) bond motifs is 1. The molecule has 0 saturated carbocycles. The Hall–Kier alpha value is -2.37. The van der Waals surface area contributed by atoms with E-state index in [1.807, 2.05) is 0 Å². The lowest BCUT2D eigenvalue weighted by Gasteiger charge is -2.26. The predicted molar refractivity (Wildman–Crippen MR) is 96.8 cm³/mol. The molecule has 1 aromatic heterocycles. The smallest absolute Gasteiger partial charge is 0.255 e. The summed E-state index contributed by atoms with van der Waals surface area (Å²) in [5.74, 6) is 0.111. The zero-order valence-corrected chi connectivity index (χ0v) is 15.0. The van der Waals surface area contributed by atoms with Gasteiger partial charge in [-0.1, -0.05) is 28.4 Å². The summed E-state index contributed by atoms with van der Waals surface area (Å²) in [6.07, 6.45) is 0.593. The number of hydrogen-bond acceptors (Lipinski definition) is 3. The molecule has 0 radical (unpaired) electrons. The molecule has 0 spiro atoms. The summed E-state index contributed by atoms with van der Waals surface area (Å²) >= 11 is 12.1. The number of rotatable bonds is 2. The molecule has 2 aromatic carbocycles. The van der Waals surface area contributed by atoms with Gasteiger partial charge in [0, 0.05) is 22.7 Å². The lowest BCUT2D eigenvalue weighted by Crippen LogP contribution is -2.36. The molecular weight excluding hydrogens is 378 g/mol. The first-order chi connectivity index (χ1) is 12.5. The van der Waals surface area contributed by atoms with Crippen molar-refractivity contribution in [2.45, 2.75) is 13.0 Å². The Labute approximate surface area is 159 Å². The Balaban J connectivity index is 1.60. The lowest BCUT2D eigenvalue weighted by atomic mass is 10.00. The second-order valence-electron chi connectivity index (χ2n) is 6.04.